The average molecular weight is 530 g/mol. The number of hydrogen-bond donors (Lipinski definition) is 1. The number of hydrogen-bond acceptors (Lipinski definition) is 5. The molecule has 4 heterocycles. The summed E-state index contributed by atoms with van der Waals surface area (Å²) in [5.41, 5.74) is -2.01. The van der Waals surface area contributed by atoms with Gasteiger partial charge in [0, 0.05) is 62.6 Å². The van der Waals surface area contributed by atoms with Crippen LogP contribution >= 0.6 is 0 Å². The summed E-state index contributed by atoms with van der Waals surface area (Å²) in [6.45, 7) is 2.31. The van der Waals surface area contributed by atoms with Crippen molar-refractivity contribution in [1.82, 2.24) is 33.6 Å². The monoisotopic (exact) mass is 529 g/mol. The van der Waals surface area contributed by atoms with Crippen LogP contribution in [-0.4, -0.2) is 95.3 Å². The fourth-order valence-electron chi connectivity index (χ4n) is 6.48. The van der Waals surface area contributed by atoms with Crippen LogP contribution < -0.4 is 4.72 Å². The number of aromatic nitrogens is 3. The van der Waals surface area contributed by atoms with Gasteiger partial charge in [-0.2, -0.15) is 31.0 Å². The Balaban J connectivity index is 0.844. The van der Waals surface area contributed by atoms with Gasteiger partial charge in [-0.15, -0.1) is 0 Å². The average Bonchev–Trinajstić information content (AvgIpc) is 3.60. The molecule has 3 saturated carbocycles. The fraction of sp³-hybridized carbons (Fsp3) is 0.864. The van der Waals surface area contributed by atoms with Gasteiger partial charge in [0.15, 0.2) is 5.82 Å². The van der Waals surface area contributed by atoms with E-state index in [2.05, 4.69) is 14.8 Å². The lowest BCUT2D eigenvalue weighted by Gasteiger charge is -2.63. The SMILES string of the molecule is O=C(N1CC2(CC(n3cnc(C4CC4)n3)C2)C1)N1CC2(C1)CN(S(=O)(=O)NCC1(C(F)(F)F)CC1)C2. The van der Waals surface area contributed by atoms with Crippen molar-refractivity contribution in [1.29, 1.82) is 0 Å². The summed E-state index contributed by atoms with van der Waals surface area (Å²) in [5, 5.41) is 4.63. The first-order chi connectivity index (χ1) is 16.9. The van der Waals surface area contributed by atoms with Crippen LogP contribution in [0.4, 0.5) is 18.0 Å². The topological polar surface area (TPSA) is 104 Å². The Morgan fingerprint density at radius 3 is 2.19 bits per heavy atom. The van der Waals surface area contributed by atoms with E-state index in [9.17, 15) is 26.4 Å². The predicted molar refractivity (Wildman–Crippen MR) is 120 cm³/mol. The van der Waals surface area contributed by atoms with Gasteiger partial charge in [-0.25, -0.2) is 19.2 Å². The molecule has 0 bridgehead atoms. The van der Waals surface area contributed by atoms with E-state index >= 15 is 0 Å². The molecule has 14 heteroatoms. The number of amides is 2. The summed E-state index contributed by atoms with van der Waals surface area (Å²) in [5.74, 6) is 1.50. The van der Waals surface area contributed by atoms with Crippen LogP contribution in [0.5, 0.6) is 0 Å². The molecule has 36 heavy (non-hydrogen) atoms. The van der Waals surface area contributed by atoms with Gasteiger partial charge in [-0.05, 0) is 38.5 Å². The third-order valence-corrected chi connectivity index (χ3v) is 10.7. The number of nitrogens with one attached hydrogen (secondary N) is 1. The molecule has 1 aromatic heterocycles. The quantitative estimate of drug-likeness (QED) is 0.605. The van der Waals surface area contributed by atoms with Crippen LogP contribution in [0.15, 0.2) is 6.33 Å². The summed E-state index contributed by atoms with van der Waals surface area (Å²) in [7, 11) is -3.95. The van der Waals surface area contributed by atoms with E-state index in [-0.39, 0.29) is 42.8 Å². The molecule has 3 aliphatic heterocycles. The van der Waals surface area contributed by atoms with Crippen LogP contribution in [-0.2, 0) is 10.2 Å². The van der Waals surface area contributed by atoms with Crippen molar-refractivity contribution < 1.29 is 26.4 Å². The van der Waals surface area contributed by atoms with Crippen molar-refractivity contribution in [3.63, 3.8) is 0 Å². The Morgan fingerprint density at radius 2 is 1.64 bits per heavy atom. The van der Waals surface area contributed by atoms with Gasteiger partial charge in [0.2, 0.25) is 0 Å². The zero-order valence-corrected chi connectivity index (χ0v) is 20.7. The van der Waals surface area contributed by atoms with Gasteiger partial charge in [0.05, 0.1) is 11.5 Å². The van der Waals surface area contributed by atoms with Gasteiger partial charge < -0.3 is 9.80 Å². The van der Waals surface area contributed by atoms with Crippen molar-refractivity contribution in [3.8, 4) is 0 Å². The molecular weight excluding hydrogens is 499 g/mol. The van der Waals surface area contributed by atoms with Gasteiger partial charge in [-0.1, -0.05) is 0 Å². The molecule has 10 nitrogen and oxygen atoms in total. The van der Waals surface area contributed by atoms with Gasteiger partial charge in [0.25, 0.3) is 10.2 Å². The largest absolute Gasteiger partial charge is 0.395 e. The molecule has 3 aliphatic carbocycles. The van der Waals surface area contributed by atoms with Gasteiger partial charge in [-0.3, -0.25) is 0 Å². The van der Waals surface area contributed by atoms with E-state index in [4.69, 9.17) is 0 Å². The smallest absolute Gasteiger partial charge is 0.323 e. The Kier molecular flexibility index (Phi) is 4.60. The van der Waals surface area contributed by atoms with Crippen molar-refractivity contribution in [3.05, 3.63) is 12.2 Å². The Labute approximate surface area is 207 Å². The summed E-state index contributed by atoms with van der Waals surface area (Å²) in [6.07, 6.45) is 1.73. The van der Waals surface area contributed by atoms with E-state index in [1.54, 1.807) is 4.90 Å². The minimum Gasteiger partial charge on any atom is -0.323 e. The number of alkyl halides is 3. The molecule has 0 atom stereocenters. The molecule has 2 amide bonds. The first-order valence-electron chi connectivity index (χ1n) is 12.7. The number of carbonyl (C=O) groups excluding carboxylic acids is 1. The van der Waals surface area contributed by atoms with Crippen molar-refractivity contribution in [2.75, 3.05) is 45.8 Å². The second-order valence-corrected chi connectivity index (χ2v) is 14.0. The zero-order chi connectivity index (χ0) is 25.1. The Bertz CT molecular complexity index is 1180. The van der Waals surface area contributed by atoms with Crippen LogP contribution in [0.2, 0.25) is 0 Å². The van der Waals surface area contributed by atoms with Gasteiger partial charge in [0.1, 0.15) is 6.33 Å². The summed E-state index contributed by atoms with van der Waals surface area (Å²) < 4.78 is 69.5. The van der Waals surface area contributed by atoms with Crippen molar-refractivity contribution in [2.45, 2.75) is 56.7 Å². The minimum absolute atomic E-state index is 0.00763. The van der Waals surface area contributed by atoms with Crippen LogP contribution in [0.1, 0.15) is 56.3 Å². The third-order valence-electron chi connectivity index (χ3n) is 9.24. The molecule has 0 radical (unpaired) electrons. The Hall–Kier alpha value is -1.93. The van der Waals surface area contributed by atoms with Crippen LogP contribution in [0.25, 0.3) is 0 Å². The molecule has 1 aromatic rings. The molecule has 6 fully saturated rings. The second-order valence-electron chi connectivity index (χ2n) is 12.3. The number of halogens is 3. The lowest BCUT2D eigenvalue weighted by molar-refractivity contribution is -0.184. The highest BCUT2D eigenvalue weighted by molar-refractivity contribution is 7.87. The third kappa shape index (κ3) is 3.57. The van der Waals surface area contributed by atoms with E-state index in [0.717, 1.165) is 31.8 Å². The lowest BCUT2D eigenvalue weighted by atomic mass is 9.60. The molecule has 1 N–H and O–H groups in total. The summed E-state index contributed by atoms with van der Waals surface area (Å²) in [4.78, 5) is 20.9. The molecule has 2 spiro atoms. The maximum Gasteiger partial charge on any atom is 0.395 e. The van der Waals surface area contributed by atoms with Crippen molar-refractivity contribution in [2.24, 2.45) is 16.2 Å². The highest BCUT2D eigenvalue weighted by atomic mass is 32.2. The number of carbonyl (C=O) groups is 1. The zero-order valence-electron chi connectivity index (χ0n) is 19.9. The molecule has 6 aliphatic rings. The van der Waals surface area contributed by atoms with E-state index < -0.39 is 28.3 Å². The predicted octanol–water partition coefficient (Wildman–Crippen LogP) is 1.71. The van der Waals surface area contributed by atoms with E-state index in [1.165, 1.54) is 17.1 Å². The van der Waals surface area contributed by atoms with Crippen molar-refractivity contribution >= 4 is 16.2 Å². The molecule has 0 unspecified atom stereocenters. The number of rotatable bonds is 6. The van der Waals surface area contributed by atoms with Crippen LogP contribution in [0, 0.1) is 16.2 Å². The highest BCUT2D eigenvalue weighted by Crippen LogP contribution is 2.57. The highest BCUT2D eigenvalue weighted by Gasteiger charge is 2.64. The number of urea groups is 1. The van der Waals surface area contributed by atoms with Gasteiger partial charge >= 0.3 is 12.2 Å². The first-order valence-corrected chi connectivity index (χ1v) is 14.1. The molecular formula is C22H30F3N7O3S. The minimum atomic E-state index is -4.40. The molecule has 0 aromatic carbocycles. The van der Waals surface area contributed by atoms with E-state index in [1.807, 2.05) is 15.9 Å². The second kappa shape index (κ2) is 7.13. The molecule has 7 rings (SSSR count). The van der Waals surface area contributed by atoms with Crippen LogP contribution in [0.3, 0.4) is 0 Å². The van der Waals surface area contributed by atoms with E-state index in [0.29, 0.717) is 25.0 Å². The standard InChI is InChI=1S/C22H30F3N7O3S/c23-22(24,25)21(3-4-21)7-27-36(34,35)31-12-20(13-31)10-30(11-20)18(33)29-8-19(9-29)5-16(6-19)32-14-26-17(28-32)15-1-2-15/h14-16,27H,1-13H2. The molecule has 198 valence electrons. The maximum atomic E-state index is 13.1. The fourth-order valence-corrected chi connectivity index (χ4v) is 8.01. The first kappa shape index (κ1) is 23.2. The summed E-state index contributed by atoms with van der Waals surface area (Å²) in [6, 6.07) is 0.351. The maximum absolute atomic E-state index is 13.1. The number of likely N-dealkylation sites (tertiary alicyclic amines) is 2. The normalized spacial score (nSPS) is 28.4. The Morgan fingerprint density at radius 1 is 1.03 bits per heavy atom. The molecule has 3 saturated heterocycles. The number of nitrogens with zero attached hydrogens (tertiary/aromatic N) is 6. The summed E-state index contributed by atoms with van der Waals surface area (Å²) >= 11 is 0. The lowest BCUT2D eigenvalue weighted by Crippen LogP contribution is -2.76.